The van der Waals surface area contributed by atoms with Crippen LogP contribution in [0.4, 0.5) is 19.0 Å². The Morgan fingerprint density at radius 1 is 1.16 bits per heavy atom. The van der Waals surface area contributed by atoms with E-state index in [9.17, 15) is 18.3 Å². The molecule has 1 heterocycles. The third kappa shape index (κ3) is 3.95. The minimum atomic E-state index is -4.58. The molecule has 162 valence electrons. The third-order valence-corrected chi connectivity index (χ3v) is 5.82. The number of hydrogen-bond donors (Lipinski definition) is 2. The number of fused-ring (bicyclic) bond motifs is 1. The summed E-state index contributed by atoms with van der Waals surface area (Å²) in [5.41, 5.74) is -0.680. The van der Waals surface area contributed by atoms with Gasteiger partial charge in [-0.05, 0) is 37.5 Å². The molecule has 0 radical (unpaired) electrons. The molecule has 2 aromatic carbocycles. The fourth-order valence-electron chi connectivity index (χ4n) is 3.94. The number of aromatic hydroxyl groups is 1. The minimum Gasteiger partial charge on any atom is -0.507 e. The Labute approximate surface area is 177 Å². The number of benzene rings is 2. The van der Waals surface area contributed by atoms with E-state index < -0.39 is 11.7 Å². The van der Waals surface area contributed by atoms with Crippen molar-refractivity contribution in [2.24, 2.45) is 0 Å². The highest BCUT2D eigenvalue weighted by atomic mass is 19.4. The van der Waals surface area contributed by atoms with Crippen LogP contribution in [0.25, 0.3) is 27.6 Å². The highest BCUT2D eigenvalue weighted by Crippen LogP contribution is 2.40. The number of anilines is 1. The Bertz CT molecular complexity index is 1150. The van der Waals surface area contributed by atoms with Gasteiger partial charge in [0.05, 0.1) is 11.2 Å². The minimum absolute atomic E-state index is 0.144. The van der Waals surface area contributed by atoms with Crippen LogP contribution in [0.2, 0.25) is 0 Å². The Kier molecular flexibility index (Phi) is 5.13. The van der Waals surface area contributed by atoms with E-state index in [4.69, 9.17) is 4.74 Å². The lowest BCUT2D eigenvalue weighted by molar-refractivity contribution is -0.0687. The number of nitrogens with zero attached hydrogens (tertiary/aromatic N) is 2. The van der Waals surface area contributed by atoms with E-state index in [1.807, 2.05) is 24.3 Å². The second-order valence-corrected chi connectivity index (χ2v) is 8.05. The molecule has 0 saturated heterocycles. The summed E-state index contributed by atoms with van der Waals surface area (Å²) in [5, 5.41) is 24.0. The molecular weight excluding hydrogens is 407 g/mol. The topological polar surface area (TPSA) is 67.3 Å². The largest absolute Gasteiger partial charge is 0.507 e. The van der Waals surface area contributed by atoms with Gasteiger partial charge in [-0.1, -0.05) is 36.9 Å². The van der Waals surface area contributed by atoms with Gasteiger partial charge in [-0.25, -0.2) is 0 Å². The van der Waals surface area contributed by atoms with Crippen molar-refractivity contribution in [1.82, 2.24) is 10.2 Å². The second-order valence-electron chi connectivity index (χ2n) is 8.05. The molecule has 8 heteroatoms. The average Bonchev–Trinajstić information content (AvgIpc) is 2.71. The van der Waals surface area contributed by atoms with Gasteiger partial charge >= 0.3 is 6.18 Å². The molecule has 3 aromatic rings. The van der Waals surface area contributed by atoms with Gasteiger partial charge in [0, 0.05) is 29.5 Å². The van der Waals surface area contributed by atoms with Gasteiger partial charge in [0.25, 0.3) is 0 Å². The quantitative estimate of drug-likeness (QED) is 0.556. The molecule has 0 spiro atoms. The molecule has 5 nitrogen and oxygen atoms in total. The molecule has 1 aliphatic carbocycles. The molecule has 0 atom stereocenters. The van der Waals surface area contributed by atoms with Gasteiger partial charge in [0.2, 0.25) is 0 Å². The summed E-state index contributed by atoms with van der Waals surface area (Å²) in [4.78, 5) is 0. The number of rotatable bonds is 5. The number of aromatic nitrogens is 2. The molecular formula is C23H22F3N3O2. The van der Waals surface area contributed by atoms with Crippen LogP contribution in [0.15, 0.2) is 49.0 Å². The predicted molar refractivity (Wildman–Crippen MR) is 114 cm³/mol. The Hall–Kier alpha value is -3.13. The highest BCUT2D eigenvalue weighted by molar-refractivity contribution is 6.01. The summed E-state index contributed by atoms with van der Waals surface area (Å²) in [6.07, 6.45) is -2.90. The number of alkyl halides is 3. The zero-order chi connectivity index (χ0) is 22.4. The molecule has 0 bridgehead atoms. The molecule has 1 aromatic heterocycles. The molecule has 31 heavy (non-hydrogen) atoms. The SMILES string of the molecule is C=C(c1ccc(-c2nnc(NC3CC(C)(OC)C3)c3ccccc23)c(O)c1)C(F)(F)F. The number of phenolic OH excluding ortho intramolecular Hbond substituents is 1. The van der Waals surface area contributed by atoms with Crippen molar-refractivity contribution in [2.75, 3.05) is 12.4 Å². The fourth-order valence-corrected chi connectivity index (χ4v) is 3.94. The van der Waals surface area contributed by atoms with Crippen molar-refractivity contribution in [1.29, 1.82) is 0 Å². The van der Waals surface area contributed by atoms with Crippen molar-refractivity contribution in [3.63, 3.8) is 0 Å². The molecule has 4 rings (SSSR count). The van der Waals surface area contributed by atoms with E-state index in [0.29, 0.717) is 17.1 Å². The Balaban J connectivity index is 1.69. The average molecular weight is 429 g/mol. The van der Waals surface area contributed by atoms with Gasteiger partial charge < -0.3 is 15.2 Å². The standard InChI is InChI=1S/C23H22F3N3O2/c1-13(23(24,25)26)14-8-9-18(19(30)10-14)20-16-6-4-5-7-17(16)21(29-28-20)27-15-11-22(2,12-15)31-3/h4-10,15,30H,1,11-12H2,2-3H3,(H,27,29). The molecule has 0 aliphatic heterocycles. The van der Waals surface area contributed by atoms with Gasteiger partial charge in [0.1, 0.15) is 11.4 Å². The van der Waals surface area contributed by atoms with Gasteiger partial charge in [-0.2, -0.15) is 13.2 Å². The number of allylic oxidation sites excluding steroid dienone is 1. The molecule has 1 saturated carbocycles. The summed E-state index contributed by atoms with van der Waals surface area (Å²) in [7, 11) is 1.70. The van der Waals surface area contributed by atoms with Gasteiger partial charge in [-0.15, -0.1) is 10.2 Å². The van der Waals surface area contributed by atoms with Crippen LogP contribution < -0.4 is 5.32 Å². The van der Waals surface area contributed by atoms with Crippen LogP contribution in [-0.2, 0) is 4.74 Å². The molecule has 0 amide bonds. The monoisotopic (exact) mass is 429 g/mol. The number of halogens is 3. The van der Waals surface area contributed by atoms with Crippen molar-refractivity contribution in [3.8, 4) is 17.0 Å². The molecule has 2 N–H and O–H groups in total. The van der Waals surface area contributed by atoms with E-state index in [0.717, 1.165) is 29.7 Å². The molecule has 0 unspecified atom stereocenters. The van der Waals surface area contributed by atoms with E-state index in [2.05, 4.69) is 29.0 Å². The number of ether oxygens (including phenoxy) is 1. The summed E-state index contributed by atoms with van der Waals surface area (Å²) in [5.74, 6) is 0.293. The van der Waals surface area contributed by atoms with Crippen molar-refractivity contribution >= 4 is 22.2 Å². The van der Waals surface area contributed by atoms with Gasteiger partial charge in [0.15, 0.2) is 5.82 Å². The van der Waals surface area contributed by atoms with E-state index >= 15 is 0 Å². The maximum Gasteiger partial charge on any atom is 0.416 e. The first kappa shape index (κ1) is 21.1. The zero-order valence-corrected chi connectivity index (χ0v) is 17.1. The van der Waals surface area contributed by atoms with E-state index in [1.54, 1.807) is 7.11 Å². The summed E-state index contributed by atoms with van der Waals surface area (Å²) >= 11 is 0. The lowest BCUT2D eigenvalue weighted by atomic mass is 9.77. The Morgan fingerprint density at radius 2 is 1.84 bits per heavy atom. The van der Waals surface area contributed by atoms with E-state index in [-0.39, 0.29) is 23.0 Å². The van der Waals surface area contributed by atoms with Crippen LogP contribution in [-0.4, -0.2) is 40.2 Å². The van der Waals surface area contributed by atoms with Crippen LogP contribution >= 0.6 is 0 Å². The Morgan fingerprint density at radius 3 is 2.45 bits per heavy atom. The normalized spacial score (nSPS) is 21.0. The summed E-state index contributed by atoms with van der Waals surface area (Å²) in [6, 6.07) is 11.4. The summed E-state index contributed by atoms with van der Waals surface area (Å²) < 4.78 is 44.3. The first-order valence-electron chi connectivity index (χ1n) is 9.78. The molecule has 1 aliphatic rings. The van der Waals surface area contributed by atoms with Crippen molar-refractivity contribution in [3.05, 3.63) is 54.6 Å². The van der Waals surface area contributed by atoms with Crippen LogP contribution in [0.5, 0.6) is 5.75 Å². The maximum atomic E-state index is 12.9. The predicted octanol–water partition coefficient (Wildman–Crippen LogP) is 5.56. The van der Waals surface area contributed by atoms with Crippen LogP contribution in [0.1, 0.15) is 25.3 Å². The zero-order valence-electron chi connectivity index (χ0n) is 17.1. The van der Waals surface area contributed by atoms with Crippen molar-refractivity contribution < 1.29 is 23.0 Å². The summed E-state index contributed by atoms with van der Waals surface area (Å²) in [6.45, 7) is 5.13. The third-order valence-electron chi connectivity index (χ3n) is 5.82. The maximum absolute atomic E-state index is 12.9. The smallest absolute Gasteiger partial charge is 0.416 e. The first-order valence-corrected chi connectivity index (χ1v) is 9.78. The molecule has 1 fully saturated rings. The number of nitrogens with one attached hydrogen (secondary N) is 1. The highest BCUT2D eigenvalue weighted by Gasteiger charge is 2.40. The fraction of sp³-hybridized carbons (Fsp3) is 0.304. The number of methoxy groups -OCH3 is 1. The van der Waals surface area contributed by atoms with Crippen molar-refractivity contribution in [2.45, 2.75) is 37.6 Å². The number of phenols is 1. The van der Waals surface area contributed by atoms with Crippen LogP contribution in [0, 0.1) is 0 Å². The number of hydrogen-bond acceptors (Lipinski definition) is 5. The first-order chi connectivity index (χ1) is 14.6. The lowest BCUT2D eigenvalue weighted by Gasteiger charge is -2.44. The van der Waals surface area contributed by atoms with Crippen LogP contribution in [0.3, 0.4) is 0 Å². The van der Waals surface area contributed by atoms with E-state index in [1.165, 1.54) is 12.1 Å². The lowest BCUT2D eigenvalue weighted by Crippen LogP contribution is -2.49. The van der Waals surface area contributed by atoms with Gasteiger partial charge in [-0.3, -0.25) is 0 Å². The second kappa shape index (κ2) is 7.53.